The summed E-state index contributed by atoms with van der Waals surface area (Å²) in [5, 5.41) is 7.10. The van der Waals surface area contributed by atoms with Crippen LogP contribution in [0.1, 0.15) is 48.3 Å². The van der Waals surface area contributed by atoms with Crippen molar-refractivity contribution in [1.82, 2.24) is 20.3 Å². The lowest BCUT2D eigenvalue weighted by molar-refractivity contribution is -0.127. The Hall–Kier alpha value is -2.18. The van der Waals surface area contributed by atoms with Gasteiger partial charge in [0.25, 0.3) is 0 Å². The van der Waals surface area contributed by atoms with Crippen molar-refractivity contribution in [3.05, 3.63) is 52.9 Å². The summed E-state index contributed by atoms with van der Waals surface area (Å²) in [4.78, 5) is 18.0. The molecule has 0 aliphatic carbocycles. The first-order valence-corrected chi connectivity index (χ1v) is 11.8. The number of benzene rings is 1. The Balaban J connectivity index is 1.21. The average molecular weight is 425 g/mol. The van der Waals surface area contributed by atoms with Gasteiger partial charge >= 0.3 is 0 Å². The summed E-state index contributed by atoms with van der Waals surface area (Å²) in [5.41, 5.74) is 3.29. The van der Waals surface area contributed by atoms with Crippen molar-refractivity contribution in [3.63, 3.8) is 0 Å². The molecule has 0 saturated carbocycles. The molecule has 2 aromatic rings. The largest absolute Gasteiger partial charge is 0.361 e. The number of rotatable bonds is 7. The molecule has 0 radical (unpaired) electrons. The molecule has 1 amide bonds. The molecule has 4 rings (SSSR count). The Morgan fingerprint density at radius 3 is 2.61 bits per heavy atom. The van der Waals surface area contributed by atoms with Crippen LogP contribution in [-0.2, 0) is 17.8 Å². The molecule has 1 aromatic heterocycles. The van der Waals surface area contributed by atoms with Crippen LogP contribution in [0, 0.1) is 19.8 Å². The minimum absolute atomic E-state index is 0.0883. The summed E-state index contributed by atoms with van der Waals surface area (Å²) < 4.78 is 5.21. The van der Waals surface area contributed by atoms with E-state index in [4.69, 9.17) is 4.52 Å². The molecule has 3 heterocycles. The zero-order chi connectivity index (χ0) is 21.6. The predicted molar refractivity (Wildman–Crippen MR) is 122 cm³/mol. The number of aryl methyl sites for hydroxylation is 2. The maximum Gasteiger partial charge on any atom is 0.224 e. The second-order valence-corrected chi connectivity index (χ2v) is 9.16. The number of carbonyl (C=O) groups is 1. The number of nitrogens with one attached hydrogen (secondary N) is 1. The van der Waals surface area contributed by atoms with Crippen molar-refractivity contribution < 1.29 is 9.32 Å². The molecule has 0 spiro atoms. The van der Waals surface area contributed by atoms with E-state index >= 15 is 0 Å². The third-order valence-electron chi connectivity index (χ3n) is 7.08. The zero-order valence-electron chi connectivity index (χ0n) is 19.0. The van der Waals surface area contributed by atoms with E-state index in [2.05, 4.69) is 50.6 Å². The van der Waals surface area contributed by atoms with E-state index in [-0.39, 0.29) is 11.8 Å². The summed E-state index contributed by atoms with van der Waals surface area (Å²) in [6.45, 7) is 9.82. The summed E-state index contributed by atoms with van der Waals surface area (Å²) >= 11 is 0. The molecule has 31 heavy (non-hydrogen) atoms. The van der Waals surface area contributed by atoms with E-state index in [1.807, 2.05) is 13.8 Å². The third kappa shape index (κ3) is 5.74. The first kappa shape index (κ1) is 22.0. The molecule has 6 nitrogen and oxygen atoms in total. The molecular formula is C25H36N4O2. The third-order valence-corrected chi connectivity index (χ3v) is 7.08. The molecule has 1 atom stereocenters. The van der Waals surface area contributed by atoms with E-state index in [9.17, 15) is 4.79 Å². The Bertz CT molecular complexity index is 823. The van der Waals surface area contributed by atoms with Gasteiger partial charge in [0.05, 0.1) is 11.6 Å². The Kier molecular flexibility index (Phi) is 7.41. The monoisotopic (exact) mass is 424 g/mol. The SMILES string of the molecule is Cc1noc(C)c1CNC(=O)C1CCCN(C2CCN(CCc3ccccc3)CC2)C1. The summed E-state index contributed by atoms with van der Waals surface area (Å²) in [6, 6.07) is 11.4. The normalized spacial score (nSPS) is 21.3. The standard InChI is InChI=1S/C25H36N4O2/c1-19-24(20(2)31-27-19)17-26-25(30)22-9-6-13-29(18-22)23-11-15-28(16-12-23)14-10-21-7-4-3-5-8-21/h3-5,7-8,22-23H,6,9-18H2,1-2H3,(H,26,30). The molecular weight excluding hydrogens is 388 g/mol. The van der Waals surface area contributed by atoms with Gasteiger partial charge in [0, 0.05) is 31.2 Å². The van der Waals surface area contributed by atoms with Crippen molar-refractivity contribution in [1.29, 1.82) is 0 Å². The van der Waals surface area contributed by atoms with Gasteiger partial charge in [0.2, 0.25) is 5.91 Å². The van der Waals surface area contributed by atoms with Crippen molar-refractivity contribution in [3.8, 4) is 0 Å². The summed E-state index contributed by atoms with van der Waals surface area (Å²) in [5.74, 6) is 1.05. The van der Waals surface area contributed by atoms with Crippen LogP contribution in [0.3, 0.4) is 0 Å². The fourth-order valence-electron chi connectivity index (χ4n) is 5.07. The lowest BCUT2D eigenvalue weighted by Gasteiger charge is -2.42. The van der Waals surface area contributed by atoms with E-state index in [0.29, 0.717) is 12.6 Å². The molecule has 168 valence electrons. The van der Waals surface area contributed by atoms with Gasteiger partial charge in [-0.25, -0.2) is 0 Å². The van der Waals surface area contributed by atoms with Gasteiger partial charge in [-0.3, -0.25) is 9.69 Å². The molecule has 2 aliphatic rings. The number of aromatic nitrogens is 1. The second-order valence-electron chi connectivity index (χ2n) is 9.16. The average Bonchev–Trinajstić information content (AvgIpc) is 3.14. The van der Waals surface area contributed by atoms with Crippen LogP contribution in [0.2, 0.25) is 0 Å². The topological polar surface area (TPSA) is 61.6 Å². The van der Waals surface area contributed by atoms with Crippen LogP contribution in [-0.4, -0.2) is 59.6 Å². The lowest BCUT2D eigenvalue weighted by atomic mass is 9.93. The van der Waals surface area contributed by atoms with E-state index in [0.717, 1.165) is 69.0 Å². The van der Waals surface area contributed by atoms with E-state index in [1.54, 1.807) is 0 Å². The van der Waals surface area contributed by atoms with E-state index < -0.39 is 0 Å². The van der Waals surface area contributed by atoms with Crippen LogP contribution in [0.25, 0.3) is 0 Å². The van der Waals surface area contributed by atoms with E-state index in [1.165, 1.54) is 18.4 Å². The number of amides is 1. The van der Waals surface area contributed by atoms with Gasteiger partial charge in [-0.15, -0.1) is 0 Å². The molecule has 1 unspecified atom stereocenters. The predicted octanol–water partition coefficient (Wildman–Crippen LogP) is 3.33. The van der Waals surface area contributed by atoms with Gasteiger partial charge < -0.3 is 14.7 Å². The van der Waals surface area contributed by atoms with Crippen LogP contribution in [0.5, 0.6) is 0 Å². The number of piperidine rings is 2. The number of hydrogen-bond donors (Lipinski definition) is 1. The quantitative estimate of drug-likeness (QED) is 0.739. The highest BCUT2D eigenvalue weighted by atomic mass is 16.5. The highest BCUT2D eigenvalue weighted by Gasteiger charge is 2.31. The highest BCUT2D eigenvalue weighted by Crippen LogP contribution is 2.24. The Morgan fingerprint density at radius 1 is 1.13 bits per heavy atom. The summed E-state index contributed by atoms with van der Waals surface area (Å²) in [6.07, 6.45) is 5.64. The zero-order valence-corrected chi connectivity index (χ0v) is 19.0. The molecule has 6 heteroatoms. The Labute approximate surface area is 186 Å². The molecule has 0 bridgehead atoms. The van der Waals surface area contributed by atoms with Crippen LogP contribution in [0.15, 0.2) is 34.9 Å². The number of nitrogens with zero attached hydrogens (tertiary/aromatic N) is 3. The van der Waals surface area contributed by atoms with Gasteiger partial charge in [-0.05, 0) is 71.1 Å². The number of likely N-dealkylation sites (tertiary alicyclic amines) is 2. The van der Waals surface area contributed by atoms with Gasteiger partial charge in [-0.1, -0.05) is 35.5 Å². The van der Waals surface area contributed by atoms with Gasteiger partial charge in [-0.2, -0.15) is 0 Å². The van der Waals surface area contributed by atoms with Crippen LogP contribution >= 0.6 is 0 Å². The first-order chi connectivity index (χ1) is 15.1. The molecule has 1 aromatic carbocycles. The molecule has 2 fully saturated rings. The lowest BCUT2D eigenvalue weighted by Crippen LogP contribution is -2.50. The van der Waals surface area contributed by atoms with Crippen molar-refractivity contribution in [2.45, 2.75) is 58.5 Å². The molecule has 1 N–H and O–H groups in total. The smallest absolute Gasteiger partial charge is 0.224 e. The fourth-order valence-corrected chi connectivity index (χ4v) is 5.07. The minimum atomic E-state index is 0.0883. The minimum Gasteiger partial charge on any atom is -0.361 e. The fraction of sp³-hybridized carbons (Fsp3) is 0.600. The second kappa shape index (κ2) is 10.4. The molecule has 2 saturated heterocycles. The van der Waals surface area contributed by atoms with Gasteiger partial charge in [0.15, 0.2) is 0 Å². The van der Waals surface area contributed by atoms with Crippen molar-refractivity contribution in [2.24, 2.45) is 5.92 Å². The maximum atomic E-state index is 12.8. The van der Waals surface area contributed by atoms with Crippen molar-refractivity contribution in [2.75, 3.05) is 32.7 Å². The van der Waals surface area contributed by atoms with Gasteiger partial charge in [0.1, 0.15) is 5.76 Å². The maximum absolute atomic E-state index is 12.8. The highest BCUT2D eigenvalue weighted by molar-refractivity contribution is 5.79. The van der Waals surface area contributed by atoms with Crippen LogP contribution in [0.4, 0.5) is 0 Å². The first-order valence-electron chi connectivity index (χ1n) is 11.8. The number of carbonyl (C=O) groups excluding carboxylic acids is 1. The van der Waals surface area contributed by atoms with Crippen molar-refractivity contribution >= 4 is 5.91 Å². The summed E-state index contributed by atoms with van der Waals surface area (Å²) in [7, 11) is 0. The number of hydrogen-bond acceptors (Lipinski definition) is 5. The Morgan fingerprint density at radius 2 is 1.90 bits per heavy atom. The van der Waals surface area contributed by atoms with Crippen LogP contribution < -0.4 is 5.32 Å². The molecule has 2 aliphatic heterocycles.